The van der Waals surface area contributed by atoms with E-state index in [1.165, 1.54) is 18.2 Å². The van der Waals surface area contributed by atoms with Gasteiger partial charge in [-0.25, -0.2) is 8.42 Å². The van der Waals surface area contributed by atoms with Crippen molar-refractivity contribution < 1.29 is 22.7 Å². The van der Waals surface area contributed by atoms with E-state index in [9.17, 15) is 18.0 Å². The Bertz CT molecular complexity index is 1420. The van der Waals surface area contributed by atoms with Gasteiger partial charge in [0.2, 0.25) is 15.7 Å². The van der Waals surface area contributed by atoms with Gasteiger partial charge in [0, 0.05) is 29.1 Å². The Kier molecular flexibility index (Phi) is 7.73. The third kappa shape index (κ3) is 5.93. The zero-order valence-corrected chi connectivity index (χ0v) is 20.7. The number of sulfone groups is 1. The van der Waals surface area contributed by atoms with E-state index in [2.05, 4.69) is 10.6 Å². The van der Waals surface area contributed by atoms with Crippen LogP contribution < -0.4 is 21.1 Å². The topological polar surface area (TPSA) is 128 Å². The molecular weight excluding hydrogens is 502 g/mol. The summed E-state index contributed by atoms with van der Waals surface area (Å²) < 4.78 is 30.0. The second kappa shape index (κ2) is 10.9. The van der Waals surface area contributed by atoms with Crippen LogP contribution in [-0.4, -0.2) is 39.4 Å². The highest BCUT2D eigenvalue weighted by Gasteiger charge is 2.26. The Morgan fingerprint density at radius 1 is 1.03 bits per heavy atom. The van der Waals surface area contributed by atoms with Crippen molar-refractivity contribution in [2.24, 2.45) is 5.73 Å². The molecule has 2 amide bonds. The molecular formula is C26H24ClN3O5S. The molecule has 1 atom stereocenters. The van der Waals surface area contributed by atoms with Gasteiger partial charge in [0.25, 0.3) is 5.91 Å². The minimum absolute atomic E-state index is 0.115. The maximum absolute atomic E-state index is 13.3. The molecule has 186 valence electrons. The molecule has 1 aliphatic heterocycles. The summed E-state index contributed by atoms with van der Waals surface area (Å²) in [5.41, 5.74) is 7.35. The molecule has 8 nitrogen and oxygen atoms in total. The van der Waals surface area contributed by atoms with E-state index in [4.69, 9.17) is 22.1 Å². The number of hydrogen-bond donors (Lipinski definition) is 3. The van der Waals surface area contributed by atoms with Crippen LogP contribution in [0.15, 0.2) is 77.0 Å². The Balaban J connectivity index is 1.59. The summed E-state index contributed by atoms with van der Waals surface area (Å²) in [6.07, 6.45) is 1.70. The molecule has 0 bridgehead atoms. The highest BCUT2D eigenvalue weighted by atomic mass is 35.5. The monoisotopic (exact) mass is 525 g/mol. The molecule has 10 heteroatoms. The van der Waals surface area contributed by atoms with Crippen LogP contribution in [0.5, 0.6) is 5.75 Å². The van der Waals surface area contributed by atoms with Crippen molar-refractivity contribution >= 4 is 45.0 Å². The van der Waals surface area contributed by atoms with E-state index in [-0.39, 0.29) is 35.8 Å². The van der Waals surface area contributed by atoms with Crippen LogP contribution >= 0.6 is 11.6 Å². The number of hydrogen-bond acceptors (Lipinski definition) is 6. The molecule has 0 aromatic heterocycles. The standard InChI is InChI=1S/C26H24ClN3O5S/c27-19-7-9-23(35-12-11-28)21(15-19)25(31)30-22(14-17-4-2-1-3-5-17)26(32)29-20-8-6-18-10-13-36(33,34)24(18)16-20/h1-10,13,15-16,22H,11-12,14,28H2,(H,29,32)(H,30,31)/t22-/m0/s1. The first kappa shape index (κ1) is 25.4. The number of anilines is 1. The van der Waals surface area contributed by atoms with E-state index in [0.29, 0.717) is 16.3 Å². The van der Waals surface area contributed by atoms with Gasteiger partial charge in [-0.3, -0.25) is 9.59 Å². The predicted octanol–water partition coefficient (Wildman–Crippen LogP) is 3.42. The van der Waals surface area contributed by atoms with Gasteiger partial charge >= 0.3 is 0 Å². The molecule has 0 spiro atoms. The summed E-state index contributed by atoms with van der Waals surface area (Å²) in [7, 11) is -3.54. The van der Waals surface area contributed by atoms with Crippen LogP contribution in [0.1, 0.15) is 21.5 Å². The third-order valence-electron chi connectivity index (χ3n) is 5.48. The Morgan fingerprint density at radius 3 is 2.56 bits per heavy atom. The van der Waals surface area contributed by atoms with Crippen LogP contribution in [0.3, 0.4) is 0 Å². The first-order valence-electron chi connectivity index (χ1n) is 11.1. The maximum Gasteiger partial charge on any atom is 0.255 e. The molecule has 1 aliphatic rings. The number of carbonyl (C=O) groups is 2. The molecule has 0 fully saturated rings. The van der Waals surface area contributed by atoms with E-state index < -0.39 is 27.7 Å². The summed E-state index contributed by atoms with van der Waals surface area (Å²) >= 11 is 6.11. The molecule has 0 unspecified atom stereocenters. The van der Waals surface area contributed by atoms with Crippen molar-refractivity contribution in [2.75, 3.05) is 18.5 Å². The van der Waals surface area contributed by atoms with Crippen LogP contribution in [0.4, 0.5) is 5.69 Å². The van der Waals surface area contributed by atoms with Crippen molar-refractivity contribution in [3.05, 3.63) is 93.9 Å². The van der Waals surface area contributed by atoms with Crippen molar-refractivity contribution in [1.82, 2.24) is 5.32 Å². The summed E-state index contributed by atoms with van der Waals surface area (Å²) in [6, 6.07) is 17.5. The predicted molar refractivity (Wildman–Crippen MR) is 139 cm³/mol. The minimum Gasteiger partial charge on any atom is -0.491 e. The van der Waals surface area contributed by atoms with Gasteiger partial charge in [-0.15, -0.1) is 0 Å². The number of benzene rings is 3. The van der Waals surface area contributed by atoms with Crippen LogP contribution in [0.25, 0.3) is 6.08 Å². The molecule has 3 aromatic rings. The van der Waals surface area contributed by atoms with Crippen molar-refractivity contribution in [2.45, 2.75) is 17.4 Å². The average molecular weight is 526 g/mol. The van der Waals surface area contributed by atoms with E-state index in [0.717, 1.165) is 11.0 Å². The smallest absolute Gasteiger partial charge is 0.255 e. The third-order valence-corrected chi connectivity index (χ3v) is 7.18. The van der Waals surface area contributed by atoms with Gasteiger partial charge in [-0.2, -0.15) is 0 Å². The molecule has 0 radical (unpaired) electrons. The molecule has 4 N–H and O–H groups in total. The second-order valence-electron chi connectivity index (χ2n) is 8.08. The maximum atomic E-state index is 13.3. The lowest BCUT2D eigenvalue weighted by Gasteiger charge is -2.20. The minimum atomic E-state index is -3.54. The van der Waals surface area contributed by atoms with Gasteiger partial charge in [0.1, 0.15) is 18.4 Å². The first-order chi connectivity index (χ1) is 17.3. The number of halogens is 1. The van der Waals surface area contributed by atoms with Crippen molar-refractivity contribution in [3.8, 4) is 5.75 Å². The van der Waals surface area contributed by atoms with E-state index >= 15 is 0 Å². The zero-order chi connectivity index (χ0) is 25.7. The lowest BCUT2D eigenvalue weighted by molar-refractivity contribution is -0.118. The number of nitrogens with one attached hydrogen (secondary N) is 2. The molecule has 0 saturated heterocycles. The van der Waals surface area contributed by atoms with Crippen molar-refractivity contribution in [3.63, 3.8) is 0 Å². The summed E-state index contributed by atoms with van der Waals surface area (Å²) in [6.45, 7) is 0.459. The molecule has 1 heterocycles. The summed E-state index contributed by atoms with van der Waals surface area (Å²) in [5, 5.41) is 6.94. The van der Waals surface area contributed by atoms with Crippen LogP contribution in [0, 0.1) is 0 Å². The SMILES string of the molecule is NCCOc1ccc(Cl)cc1C(=O)N[C@@H](Cc1ccccc1)C(=O)Nc1ccc2c(c1)S(=O)(=O)C=C2. The van der Waals surface area contributed by atoms with Crippen LogP contribution in [-0.2, 0) is 21.1 Å². The normalized spacial score (nSPS) is 14.1. The molecule has 4 rings (SSSR count). The lowest BCUT2D eigenvalue weighted by atomic mass is 10.0. The summed E-state index contributed by atoms with van der Waals surface area (Å²) in [5.74, 6) is -0.777. The zero-order valence-electron chi connectivity index (χ0n) is 19.1. The Morgan fingerprint density at radius 2 is 1.81 bits per heavy atom. The van der Waals surface area contributed by atoms with E-state index in [1.807, 2.05) is 30.3 Å². The number of amides is 2. The number of rotatable bonds is 9. The van der Waals surface area contributed by atoms with Gasteiger partial charge < -0.3 is 21.1 Å². The quantitative estimate of drug-likeness (QED) is 0.393. The fourth-order valence-corrected chi connectivity index (χ4v) is 5.13. The lowest BCUT2D eigenvalue weighted by Crippen LogP contribution is -2.45. The van der Waals surface area contributed by atoms with Crippen molar-refractivity contribution in [1.29, 1.82) is 0 Å². The Hall–Kier alpha value is -3.66. The van der Waals surface area contributed by atoms with Crippen LogP contribution in [0.2, 0.25) is 5.02 Å². The number of ether oxygens (including phenoxy) is 1. The molecule has 36 heavy (non-hydrogen) atoms. The Labute approximate surface area is 214 Å². The van der Waals surface area contributed by atoms with Gasteiger partial charge in [0.05, 0.1) is 10.5 Å². The first-order valence-corrected chi connectivity index (χ1v) is 13.0. The highest BCUT2D eigenvalue weighted by Crippen LogP contribution is 2.29. The molecule has 3 aromatic carbocycles. The van der Waals surface area contributed by atoms with Gasteiger partial charge in [-0.1, -0.05) is 48.0 Å². The number of carbonyl (C=O) groups excluding carboxylic acids is 2. The fourth-order valence-electron chi connectivity index (χ4n) is 3.73. The number of nitrogens with two attached hydrogens (primary N) is 1. The van der Waals surface area contributed by atoms with Gasteiger partial charge in [0.15, 0.2) is 0 Å². The molecule has 0 aliphatic carbocycles. The second-order valence-corrected chi connectivity index (χ2v) is 10.3. The average Bonchev–Trinajstić information content (AvgIpc) is 3.17. The highest BCUT2D eigenvalue weighted by molar-refractivity contribution is 7.94. The number of fused-ring (bicyclic) bond motifs is 1. The van der Waals surface area contributed by atoms with Gasteiger partial charge in [-0.05, 0) is 47.5 Å². The summed E-state index contributed by atoms with van der Waals surface area (Å²) in [4.78, 5) is 26.6. The van der Waals surface area contributed by atoms with E-state index in [1.54, 1.807) is 24.3 Å². The molecule has 0 saturated carbocycles. The largest absolute Gasteiger partial charge is 0.491 e. The fraction of sp³-hybridized carbons (Fsp3) is 0.154.